The van der Waals surface area contributed by atoms with Crippen molar-refractivity contribution in [3.8, 4) is 22.3 Å². The molecule has 0 fully saturated rings. The van der Waals surface area contributed by atoms with Gasteiger partial charge < -0.3 is 9.80 Å². The van der Waals surface area contributed by atoms with Crippen molar-refractivity contribution < 1.29 is 0 Å². The van der Waals surface area contributed by atoms with E-state index in [-0.39, 0.29) is 0 Å². The third-order valence-electron chi connectivity index (χ3n) is 11.1. The van der Waals surface area contributed by atoms with Crippen LogP contribution >= 0.6 is 11.3 Å². The molecule has 0 unspecified atom stereocenters. The van der Waals surface area contributed by atoms with Gasteiger partial charge in [-0.3, -0.25) is 0 Å². The summed E-state index contributed by atoms with van der Waals surface area (Å²) in [4.78, 5) is 4.85. The number of fused-ring (bicyclic) bond motifs is 8. The van der Waals surface area contributed by atoms with Crippen LogP contribution in [0.5, 0.6) is 0 Å². The van der Waals surface area contributed by atoms with Gasteiger partial charge in [-0.2, -0.15) is 0 Å². The number of benzene rings is 8. The molecular formula is C50H34N2S. The largest absolute Gasteiger partial charge is 0.310 e. The molecule has 9 aromatic rings. The summed E-state index contributed by atoms with van der Waals surface area (Å²) in [6, 6.07) is 67.2. The average Bonchev–Trinajstić information content (AvgIpc) is 3.78. The summed E-state index contributed by atoms with van der Waals surface area (Å²) < 4.78 is 2.63. The van der Waals surface area contributed by atoms with Crippen molar-refractivity contribution in [2.24, 2.45) is 0 Å². The molecule has 250 valence electrons. The zero-order valence-electron chi connectivity index (χ0n) is 29.0. The first kappa shape index (κ1) is 30.2. The van der Waals surface area contributed by atoms with Gasteiger partial charge in [0.25, 0.3) is 0 Å². The average molecular weight is 695 g/mol. The molecule has 1 aliphatic heterocycles. The smallest absolute Gasteiger partial charge is 0.0497 e. The van der Waals surface area contributed by atoms with Gasteiger partial charge in [-0.25, -0.2) is 0 Å². The Morgan fingerprint density at radius 3 is 1.85 bits per heavy atom. The van der Waals surface area contributed by atoms with Gasteiger partial charge in [0.05, 0.1) is 0 Å². The van der Waals surface area contributed by atoms with Crippen LogP contribution < -0.4 is 9.80 Å². The van der Waals surface area contributed by atoms with E-state index < -0.39 is 0 Å². The summed E-state index contributed by atoms with van der Waals surface area (Å²) in [7, 11) is 0. The molecule has 0 saturated heterocycles. The number of para-hydroxylation sites is 2. The van der Waals surface area contributed by atoms with E-state index in [0.29, 0.717) is 0 Å². The maximum absolute atomic E-state index is 2.43. The van der Waals surface area contributed by atoms with Crippen LogP contribution in [-0.2, 0) is 12.8 Å². The fourth-order valence-corrected chi connectivity index (χ4v) is 9.71. The maximum Gasteiger partial charge on any atom is 0.0497 e. The van der Waals surface area contributed by atoms with E-state index in [1.807, 2.05) is 11.3 Å². The summed E-state index contributed by atoms with van der Waals surface area (Å²) >= 11 is 1.87. The third kappa shape index (κ3) is 5.00. The van der Waals surface area contributed by atoms with Crippen molar-refractivity contribution in [1.29, 1.82) is 0 Å². The van der Waals surface area contributed by atoms with Gasteiger partial charge in [0.1, 0.15) is 0 Å². The molecule has 0 bridgehead atoms. The third-order valence-corrected chi connectivity index (χ3v) is 12.2. The Labute approximate surface area is 313 Å². The lowest BCUT2D eigenvalue weighted by atomic mass is 9.94. The van der Waals surface area contributed by atoms with Crippen molar-refractivity contribution in [2.75, 3.05) is 9.80 Å². The zero-order chi connectivity index (χ0) is 34.9. The van der Waals surface area contributed by atoms with Gasteiger partial charge in [-0.05, 0) is 118 Å². The van der Waals surface area contributed by atoms with E-state index in [1.165, 1.54) is 87.4 Å². The minimum absolute atomic E-state index is 0.952. The Morgan fingerprint density at radius 1 is 0.396 bits per heavy atom. The van der Waals surface area contributed by atoms with Crippen LogP contribution in [0.15, 0.2) is 182 Å². The highest BCUT2D eigenvalue weighted by atomic mass is 32.1. The van der Waals surface area contributed by atoms with Gasteiger partial charge in [-0.1, -0.05) is 115 Å². The van der Waals surface area contributed by atoms with Crippen LogP contribution in [-0.4, -0.2) is 0 Å². The molecule has 53 heavy (non-hydrogen) atoms. The molecule has 1 aromatic heterocycles. The molecule has 8 aromatic carbocycles. The van der Waals surface area contributed by atoms with Gasteiger partial charge in [0.15, 0.2) is 0 Å². The quantitative estimate of drug-likeness (QED) is 0.177. The van der Waals surface area contributed by atoms with Crippen LogP contribution in [0.3, 0.4) is 0 Å². The molecule has 2 nitrogen and oxygen atoms in total. The fraction of sp³-hybridized carbons (Fsp3) is 0.0400. The molecule has 0 atom stereocenters. The van der Waals surface area contributed by atoms with E-state index >= 15 is 0 Å². The van der Waals surface area contributed by atoms with E-state index in [1.54, 1.807) is 0 Å². The number of hydrogen-bond donors (Lipinski definition) is 0. The highest BCUT2D eigenvalue weighted by Crippen LogP contribution is 2.46. The number of anilines is 6. The van der Waals surface area contributed by atoms with Crippen molar-refractivity contribution in [3.63, 3.8) is 0 Å². The summed E-state index contributed by atoms with van der Waals surface area (Å²) in [6.07, 6.45) is 1.91. The lowest BCUT2D eigenvalue weighted by Crippen LogP contribution is -2.18. The van der Waals surface area contributed by atoms with Crippen molar-refractivity contribution in [3.05, 3.63) is 204 Å². The SMILES string of the molecule is c1cc(-c2ccc(N(c3ccc4c(c3)Cc3ccccc3-4)c3ccc4c(c3)sc3ccccc34)cc2)cc(N2c3ccccc3Cc3ccccc32)c1. The van der Waals surface area contributed by atoms with E-state index in [0.717, 1.165) is 24.2 Å². The second kappa shape index (κ2) is 12.1. The minimum Gasteiger partial charge on any atom is -0.310 e. The van der Waals surface area contributed by atoms with Crippen molar-refractivity contribution in [2.45, 2.75) is 12.8 Å². The van der Waals surface area contributed by atoms with Crippen LogP contribution in [0.1, 0.15) is 22.3 Å². The Kier molecular flexibility index (Phi) is 6.89. The molecule has 3 heteroatoms. The minimum atomic E-state index is 0.952. The number of thiophene rings is 1. The van der Waals surface area contributed by atoms with Crippen molar-refractivity contribution in [1.82, 2.24) is 0 Å². The summed E-state index contributed by atoms with van der Waals surface area (Å²) in [6.45, 7) is 0. The molecule has 0 saturated carbocycles. The molecular weight excluding hydrogens is 661 g/mol. The Bertz CT molecular complexity index is 2820. The predicted molar refractivity (Wildman–Crippen MR) is 225 cm³/mol. The lowest BCUT2D eigenvalue weighted by Gasteiger charge is -2.33. The highest BCUT2D eigenvalue weighted by molar-refractivity contribution is 7.25. The first-order chi connectivity index (χ1) is 26.2. The Hall–Kier alpha value is -6.42. The van der Waals surface area contributed by atoms with E-state index in [4.69, 9.17) is 0 Å². The highest BCUT2D eigenvalue weighted by Gasteiger charge is 2.24. The molecule has 0 spiro atoms. The second-order valence-electron chi connectivity index (χ2n) is 14.2. The van der Waals surface area contributed by atoms with E-state index in [9.17, 15) is 0 Å². The number of rotatable bonds is 5. The van der Waals surface area contributed by atoms with Gasteiger partial charge >= 0.3 is 0 Å². The van der Waals surface area contributed by atoms with Crippen LogP contribution in [0.4, 0.5) is 34.1 Å². The van der Waals surface area contributed by atoms with Crippen LogP contribution in [0.25, 0.3) is 42.4 Å². The lowest BCUT2D eigenvalue weighted by molar-refractivity contribution is 1.09. The first-order valence-corrected chi connectivity index (χ1v) is 19.2. The molecule has 2 aliphatic rings. The van der Waals surface area contributed by atoms with Crippen molar-refractivity contribution >= 4 is 65.6 Å². The predicted octanol–water partition coefficient (Wildman–Crippen LogP) is 14.1. The topological polar surface area (TPSA) is 6.48 Å². The van der Waals surface area contributed by atoms with Gasteiger partial charge in [0, 0.05) is 60.7 Å². The van der Waals surface area contributed by atoms with E-state index in [2.05, 4.69) is 192 Å². The Morgan fingerprint density at radius 2 is 1.02 bits per heavy atom. The fourth-order valence-electron chi connectivity index (χ4n) is 8.57. The van der Waals surface area contributed by atoms with Gasteiger partial charge in [-0.15, -0.1) is 11.3 Å². The number of hydrogen-bond acceptors (Lipinski definition) is 3. The normalized spacial score (nSPS) is 12.7. The molecule has 2 heterocycles. The van der Waals surface area contributed by atoms with Crippen LogP contribution in [0.2, 0.25) is 0 Å². The molecule has 11 rings (SSSR count). The zero-order valence-corrected chi connectivity index (χ0v) is 29.9. The summed E-state index contributed by atoms with van der Waals surface area (Å²) in [5.74, 6) is 0. The second-order valence-corrected chi connectivity index (χ2v) is 15.2. The summed E-state index contributed by atoms with van der Waals surface area (Å²) in [5, 5.41) is 2.64. The molecule has 0 N–H and O–H groups in total. The first-order valence-electron chi connectivity index (χ1n) is 18.3. The molecule has 1 aliphatic carbocycles. The monoisotopic (exact) mass is 694 g/mol. The van der Waals surface area contributed by atoms with Crippen LogP contribution in [0, 0.1) is 0 Å². The number of nitrogens with zero attached hydrogens (tertiary/aromatic N) is 2. The Balaban J connectivity index is 0.998. The standard InChI is InChI=1S/C50H34N2S/c1-4-15-43-35(10-1)28-38-31-41(24-26-44(38)43)51(42-25-27-46-45-16-5-8-19-49(45)53-50(46)32-42)39-22-20-33(21-23-39)34-13-9-14-40(30-34)52-47-17-6-2-11-36(47)29-37-12-3-7-18-48(37)52/h1-27,30-32H,28-29H2. The maximum atomic E-state index is 2.43. The molecule has 0 amide bonds. The summed E-state index contributed by atoms with van der Waals surface area (Å²) in [5.41, 5.74) is 17.7. The molecule has 0 radical (unpaired) electrons. The van der Waals surface area contributed by atoms with Gasteiger partial charge in [0.2, 0.25) is 0 Å².